The highest BCUT2D eigenvalue weighted by Gasteiger charge is 2.50. The first-order valence-corrected chi connectivity index (χ1v) is 10.4. The molecule has 1 unspecified atom stereocenters. The molecule has 0 aromatic carbocycles. The molecule has 1 saturated heterocycles. The molecule has 0 aliphatic carbocycles. The van der Waals surface area contributed by atoms with Gasteiger partial charge in [0.25, 0.3) is 0 Å². The van der Waals surface area contributed by atoms with Crippen molar-refractivity contribution in [1.82, 2.24) is 5.32 Å². The number of nitrogens with one attached hydrogen (secondary N) is 1. The van der Waals surface area contributed by atoms with E-state index in [4.69, 9.17) is 9.16 Å². The van der Waals surface area contributed by atoms with Gasteiger partial charge in [-0.15, -0.1) is 0 Å². The van der Waals surface area contributed by atoms with Crippen molar-refractivity contribution >= 4 is 20.2 Å². The average Bonchev–Trinajstić information content (AvgIpc) is 2.31. The Balaban J connectivity index is 2.79. The SMILES string of the molecule is COC(=O)[C@H](C)[C@H]1NC(=O)[C@@H]1C(C)O[Si](C)(C)C(C)(C)C. The van der Waals surface area contributed by atoms with E-state index in [0.717, 1.165) is 0 Å². The Morgan fingerprint density at radius 1 is 1.29 bits per heavy atom. The predicted octanol–water partition coefficient (Wildman–Crippen LogP) is 2.32. The van der Waals surface area contributed by atoms with Crippen molar-refractivity contribution in [3.8, 4) is 0 Å². The van der Waals surface area contributed by atoms with Crippen LogP contribution in [0.5, 0.6) is 0 Å². The first-order chi connectivity index (χ1) is 9.42. The molecule has 21 heavy (non-hydrogen) atoms. The summed E-state index contributed by atoms with van der Waals surface area (Å²) < 4.78 is 11.1. The number of carbonyl (C=O) groups is 2. The van der Waals surface area contributed by atoms with E-state index in [9.17, 15) is 9.59 Å². The second-order valence-corrected chi connectivity index (χ2v) is 12.2. The highest BCUT2D eigenvalue weighted by Crippen LogP contribution is 2.39. The minimum atomic E-state index is -1.94. The Bertz CT molecular complexity index is 416. The maximum atomic E-state index is 11.9. The van der Waals surface area contributed by atoms with Crippen molar-refractivity contribution in [2.24, 2.45) is 11.8 Å². The Labute approximate surface area is 128 Å². The zero-order valence-corrected chi connectivity index (χ0v) is 15.4. The van der Waals surface area contributed by atoms with Gasteiger partial charge in [0.2, 0.25) is 5.91 Å². The third kappa shape index (κ3) is 3.66. The lowest BCUT2D eigenvalue weighted by atomic mass is 9.79. The lowest BCUT2D eigenvalue weighted by molar-refractivity contribution is -0.153. The van der Waals surface area contributed by atoms with Gasteiger partial charge in [-0.25, -0.2) is 0 Å². The van der Waals surface area contributed by atoms with Crippen LogP contribution in [0.25, 0.3) is 0 Å². The topological polar surface area (TPSA) is 64.6 Å². The number of ether oxygens (including phenoxy) is 1. The number of hydrogen-bond donors (Lipinski definition) is 1. The summed E-state index contributed by atoms with van der Waals surface area (Å²) in [6.07, 6.45) is -0.197. The van der Waals surface area contributed by atoms with E-state index < -0.39 is 8.32 Å². The molecule has 1 fully saturated rings. The Morgan fingerprint density at radius 2 is 1.81 bits per heavy atom. The monoisotopic (exact) mass is 315 g/mol. The van der Waals surface area contributed by atoms with E-state index in [-0.39, 0.29) is 40.9 Å². The largest absolute Gasteiger partial charge is 0.469 e. The van der Waals surface area contributed by atoms with Gasteiger partial charge in [-0.2, -0.15) is 0 Å². The summed E-state index contributed by atoms with van der Waals surface area (Å²) in [5.74, 6) is -0.983. The van der Waals surface area contributed by atoms with Crippen molar-refractivity contribution in [3.05, 3.63) is 0 Å². The number of methoxy groups -OCH3 is 1. The minimum absolute atomic E-state index is 0.0398. The van der Waals surface area contributed by atoms with Crippen LogP contribution in [0.3, 0.4) is 0 Å². The summed E-state index contributed by atoms with van der Waals surface area (Å²) in [6, 6.07) is -0.204. The Kier molecular flexibility index (Phi) is 5.26. The quantitative estimate of drug-likeness (QED) is 0.480. The molecule has 122 valence electrons. The van der Waals surface area contributed by atoms with Gasteiger partial charge in [0, 0.05) is 0 Å². The molecule has 0 bridgehead atoms. The molecule has 1 aliphatic rings. The normalized spacial score (nSPS) is 25.6. The van der Waals surface area contributed by atoms with Crippen LogP contribution in [0.2, 0.25) is 18.1 Å². The summed E-state index contributed by atoms with van der Waals surface area (Å²) in [6.45, 7) is 14.5. The maximum Gasteiger partial charge on any atom is 0.310 e. The van der Waals surface area contributed by atoms with Gasteiger partial charge in [0.15, 0.2) is 8.32 Å². The molecule has 0 aromatic rings. The maximum absolute atomic E-state index is 11.9. The first-order valence-electron chi connectivity index (χ1n) is 7.48. The molecule has 1 rings (SSSR count). The molecule has 1 amide bonds. The number of amides is 1. The van der Waals surface area contributed by atoms with E-state index in [0.29, 0.717) is 0 Å². The number of esters is 1. The second-order valence-electron chi connectivity index (χ2n) is 7.46. The van der Waals surface area contributed by atoms with E-state index >= 15 is 0 Å². The van der Waals surface area contributed by atoms with E-state index in [1.54, 1.807) is 6.92 Å². The lowest BCUT2D eigenvalue weighted by Crippen LogP contribution is -2.66. The Morgan fingerprint density at radius 3 is 2.19 bits per heavy atom. The van der Waals surface area contributed by atoms with Crippen LogP contribution in [0.4, 0.5) is 0 Å². The average molecular weight is 315 g/mol. The number of β-lactam (4-membered cyclic amide) rings is 1. The van der Waals surface area contributed by atoms with E-state index in [1.165, 1.54) is 7.11 Å². The van der Waals surface area contributed by atoms with Crippen LogP contribution >= 0.6 is 0 Å². The van der Waals surface area contributed by atoms with Crippen LogP contribution in [-0.4, -0.2) is 39.4 Å². The molecular formula is C15H29NO4Si. The minimum Gasteiger partial charge on any atom is -0.469 e. The molecule has 0 saturated carbocycles. The number of hydrogen-bond acceptors (Lipinski definition) is 4. The van der Waals surface area contributed by atoms with Crippen LogP contribution in [-0.2, 0) is 18.8 Å². The summed E-state index contributed by atoms with van der Waals surface area (Å²) in [4.78, 5) is 23.6. The van der Waals surface area contributed by atoms with Crippen molar-refractivity contribution in [2.45, 2.75) is 64.9 Å². The molecule has 4 atom stereocenters. The zero-order valence-electron chi connectivity index (χ0n) is 14.4. The number of carbonyl (C=O) groups excluding carboxylic acids is 2. The van der Waals surface area contributed by atoms with Gasteiger partial charge in [-0.3, -0.25) is 9.59 Å². The predicted molar refractivity (Wildman–Crippen MR) is 84.3 cm³/mol. The summed E-state index contributed by atoms with van der Waals surface area (Å²) in [7, 11) is -0.574. The van der Waals surface area contributed by atoms with Crippen molar-refractivity contribution in [2.75, 3.05) is 7.11 Å². The summed E-state index contributed by atoms with van der Waals surface area (Å²) >= 11 is 0. The van der Waals surface area contributed by atoms with Crippen LogP contribution in [0.1, 0.15) is 34.6 Å². The standard InChI is InChI=1S/C15H29NO4Si/c1-9(14(18)19-6)12-11(13(17)16-12)10(2)20-21(7,8)15(3,4)5/h9-12H,1-8H3,(H,16,17)/t9-,10?,11-,12-/m1/s1. The molecule has 6 heteroatoms. The molecule has 0 spiro atoms. The molecule has 1 heterocycles. The fourth-order valence-electron chi connectivity index (χ4n) is 2.41. The van der Waals surface area contributed by atoms with Crippen LogP contribution in [0, 0.1) is 11.8 Å². The van der Waals surface area contributed by atoms with Crippen molar-refractivity contribution < 1.29 is 18.8 Å². The third-order valence-electron chi connectivity index (χ3n) is 4.90. The van der Waals surface area contributed by atoms with Gasteiger partial charge in [-0.05, 0) is 32.0 Å². The van der Waals surface area contributed by atoms with Gasteiger partial charge in [0.1, 0.15) is 0 Å². The van der Waals surface area contributed by atoms with E-state index in [2.05, 4.69) is 39.2 Å². The fourth-order valence-corrected chi connectivity index (χ4v) is 3.84. The van der Waals surface area contributed by atoms with Crippen molar-refractivity contribution in [3.63, 3.8) is 0 Å². The van der Waals surface area contributed by atoms with E-state index in [1.807, 2.05) is 6.92 Å². The molecule has 0 radical (unpaired) electrons. The first kappa shape index (κ1) is 18.2. The zero-order chi connectivity index (χ0) is 16.6. The summed E-state index contributed by atoms with van der Waals surface area (Å²) in [5, 5.41) is 2.90. The lowest BCUT2D eigenvalue weighted by Gasteiger charge is -2.46. The number of rotatable bonds is 5. The molecule has 1 aliphatic heterocycles. The van der Waals surface area contributed by atoms with Gasteiger partial charge >= 0.3 is 5.97 Å². The molecule has 0 aromatic heterocycles. The molecular weight excluding hydrogens is 286 g/mol. The fraction of sp³-hybridized carbons (Fsp3) is 0.867. The van der Waals surface area contributed by atoms with Crippen molar-refractivity contribution in [1.29, 1.82) is 0 Å². The summed E-state index contributed by atoms with van der Waals surface area (Å²) in [5.41, 5.74) is 0. The third-order valence-corrected chi connectivity index (χ3v) is 9.48. The van der Waals surface area contributed by atoms with Crippen LogP contribution in [0.15, 0.2) is 0 Å². The van der Waals surface area contributed by atoms with Crippen LogP contribution < -0.4 is 5.32 Å². The molecule has 1 N–H and O–H groups in total. The highest BCUT2D eigenvalue weighted by atomic mass is 28.4. The van der Waals surface area contributed by atoms with Gasteiger partial charge in [-0.1, -0.05) is 20.8 Å². The Hall–Kier alpha value is -0.883. The van der Waals surface area contributed by atoms with Gasteiger partial charge in [0.05, 0.1) is 31.1 Å². The molecule has 5 nitrogen and oxygen atoms in total. The smallest absolute Gasteiger partial charge is 0.310 e. The second kappa shape index (κ2) is 6.08. The van der Waals surface area contributed by atoms with Gasteiger partial charge < -0.3 is 14.5 Å². The highest BCUT2D eigenvalue weighted by molar-refractivity contribution is 6.74.